The predicted molar refractivity (Wildman–Crippen MR) is 50.1 cm³/mol. The Labute approximate surface area is 72.7 Å². The van der Waals surface area contributed by atoms with Crippen LogP contribution in [-0.4, -0.2) is 19.9 Å². The number of methoxy groups -OCH3 is 1. The summed E-state index contributed by atoms with van der Waals surface area (Å²) in [5.74, 6) is 0.771. The summed E-state index contributed by atoms with van der Waals surface area (Å²) in [6.07, 6.45) is 0. The van der Waals surface area contributed by atoms with Gasteiger partial charge in [0, 0.05) is 0 Å². The molecule has 2 radical (unpaired) electrons. The molecule has 60 valence electrons. The van der Waals surface area contributed by atoms with E-state index in [2.05, 4.69) is 11.6 Å². The predicted octanol–water partition coefficient (Wildman–Crippen LogP) is 0.0747. The quantitative estimate of drug-likeness (QED) is 0.492. The Kier molecular flexibility index (Phi) is 2.38. The third kappa shape index (κ3) is 1.58. The summed E-state index contributed by atoms with van der Waals surface area (Å²) < 4.78 is 4.88. The normalized spacial score (nSPS) is 9.42. The molecule has 0 bridgehead atoms. The Hall–Kier alpha value is -1.45. The van der Waals surface area contributed by atoms with Gasteiger partial charge in [0.2, 0.25) is 0 Å². The number of hydrogen-bond acceptors (Lipinski definition) is 3. The van der Waals surface area contributed by atoms with Gasteiger partial charge >= 0.3 is 0 Å². The van der Waals surface area contributed by atoms with E-state index >= 15 is 0 Å². The maximum absolute atomic E-state index is 5.48. The fourth-order valence-corrected chi connectivity index (χ4v) is 0.746. The minimum Gasteiger partial charge on any atom is -0.495 e. The van der Waals surface area contributed by atoms with E-state index in [0.717, 1.165) is 0 Å². The van der Waals surface area contributed by atoms with Crippen molar-refractivity contribution >= 4 is 24.9 Å². The second-order valence-electron chi connectivity index (χ2n) is 2.30. The number of nitrogens with two attached hydrogens (primary N) is 1. The van der Waals surface area contributed by atoms with Crippen LogP contribution in [0.25, 0.3) is 5.76 Å². The number of nitrogen functional groups attached to an aromatic ring is 1. The van der Waals surface area contributed by atoms with E-state index in [1.807, 2.05) is 0 Å². The summed E-state index contributed by atoms with van der Waals surface area (Å²) in [7, 11) is 7.00. The van der Waals surface area contributed by atoms with Crippen LogP contribution in [0.15, 0.2) is 18.7 Å². The monoisotopic (exact) mass is 160 g/mol. The minimum atomic E-state index is 0.297. The second kappa shape index (κ2) is 3.30. The minimum absolute atomic E-state index is 0.297. The molecular weight excluding hydrogens is 151 g/mol. The molecule has 3 nitrogen and oxygen atoms in total. The molecule has 1 heterocycles. The van der Waals surface area contributed by atoms with Crippen LogP contribution in [0.4, 0.5) is 5.82 Å². The topological polar surface area (TPSA) is 48.1 Å². The van der Waals surface area contributed by atoms with E-state index in [0.29, 0.717) is 22.7 Å². The van der Waals surface area contributed by atoms with Crippen LogP contribution < -0.4 is 11.2 Å². The van der Waals surface area contributed by atoms with Crippen LogP contribution in [0.2, 0.25) is 0 Å². The highest BCUT2D eigenvalue weighted by Gasteiger charge is 2.01. The maximum atomic E-state index is 5.48. The largest absolute Gasteiger partial charge is 0.495 e. The van der Waals surface area contributed by atoms with Crippen molar-refractivity contribution in [2.75, 3.05) is 12.8 Å². The molecule has 0 saturated carbocycles. The van der Waals surface area contributed by atoms with Gasteiger partial charge in [-0.25, -0.2) is 4.98 Å². The number of nitrogens with zero attached hydrogens (tertiary/aromatic N) is 1. The van der Waals surface area contributed by atoms with Crippen molar-refractivity contribution in [3.8, 4) is 0 Å². The molecule has 0 amide bonds. The Balaban J connectivity index is 3.05. The van der Waals surface area contributed by atoms with Gasteiger partial charge in [-0.2, -0.15) is 0 Å². The molecule has 0 aliphatic heterocycles. The molecule has 2 N–H and O–H groups in total. The number of pyridine rings is 1. The van der Waals surface area contributed by atoms with Gasteiger partial charge in [0.1, 0.15) is 25.1 Å². The van der Waals surface area contributed by atoms with Gasteiger partial charge < -0.3 is 10.5 Å². The molecule has 12 heavy (non-hydrogen) atoms. The van der Waals surface area contributed by atoms with Crippen molar-refractivity contribution < 1.29 is 4.74 Å². The molecular formula is C8H9BN2O. The van der Waals surface area contributed by atoms with Gasteiger partial charge in [0.25, 0.3) is 0 Å². The molecule has 0 aliphatic rings. The van der Waals surface area contributed by atoms with E-state index in [9.17, 15) is 0 Å². The summed E-state index contributed by atoms with van der Waals surface area (Å²) in [5, 5.41) is 0. The lowest BCUT2D eigenvalue weighted by molar-refractivity contribution is 0.369. The Morgan fingerprint density at radius 2 is 2.33 bits per heavy atom. The van der Waals surface area contributed by atoms with Crippen LogP contribution in [-0.2, 0) is 4.74 Å². The zero-order valence-electron chi connectivity index (χ0n) is 6.87. The van der Waals surface area contributed by atoms with Crippen LogP contribution in [0, 0.1) is 0 Å². The van der Waals surface area contributed by atoms with Gasteiger partial charge in [0.15, 0.2) is 0 Å². The zero-order valence-corrected chi connectivity index (χ0v) is 6.87. The molecule has 0 atom stereocenters. The zero-order chi connectivity index (χ0) is 9.14. The first-order valence-corrected chi connectivity index (χ1v) is 3.40. The third-order valence-corrected chi connectivity index (χ3v) is 1.49. The molecule has 4 heteroatoms. The molecule has 0 spiro atoms. The van der Waals surface area contributed by atoms with E-state index < -0.39 is 0 Å². The Morgan fingerprint density at radius 3 is 2.83 bits per heavy atom. The first-order chi connectivity index (χ1) is 5.65. The number of aromatic nitrogens is 1. The summed E-state index contributed by atoms with van der Waals surface area (Å²) in [6, 6.07) is 3.37. The smallest absolute Gasteiger partial charge is 0.137 e. The average Bonchev–Trinajstić information content (AvgIpc) is 2.08. The van der Waals surface area contributed by atoms with Crippen molar-refractivity contribution in [3.05, 3.63) is 24.4 Å². The fraction of sp³-hybridized carbons (Fsp3) is 0.125. The lowest BCUT2D eigenvalue weighted by Gasteiger charge is -2.05. The highest BCUT2D eigenvalue weighted by Crippen LogP contribution is 2.09. The molecule has 0 unspecified atom stereocenters. The lowest BCUT2D eigenvalue weighted by Crippen LogP contribution is -2.12. The van der Waals surface area contributed by atoms with Crippen LogP contribution >= 0.6 is 0 Å². The lowest BCUT2D eigenvalue weighted by atomic mass is 9.97. The molecule has 0 aromatic carbocycles. The summed E-state index contributed by atoms with van der Waals surface area (Å²) in [6.45, 7) is 3.63. The van der Waals surface area contributed by atoms with Crippen molar-refractivity contribution in [1.29, 1.82) is 0 Å². The van der Waals surface area contributed by atoms with Gasteiger partial charge in [-0.05, 0) is 6.07 Å². The van der Waals surface area contributed by atoms with E-state index in [4.69, 9.17) is 18.3 Å². The molecule has 1 aromatic rings. The molecule has 1 aromatic heterocycles. The maximum Gasteiger partial charge on any atom is 0.137 e. The highest BCUT2D eigenvalue weighted by atomic mass is 16.5. The second-order valence-corrected chi connectivity index (χ2v) is 2.30. The molecule has 1 rings (SSSR count). The fourth-order valence-electron chi connectivity index (χ4n) is 0.746. The first-order valence-electron chi connectivity index (χ1n) is 3.40. The molecule has 0 fully saturated rings. The molecule has 0 aliphatic carbocycles. The number of anilines is 1. The van der Waals surface area contributed by atoms with Gasteiger partial charge in [0.05, 0.1) is 7.11 Å². The van der Waals surface area contributed by atoms with Gasteiger partial charge in [-0.3, -0.25) is 0 Å². The van der Waals surface area contributed by atoms with Gasteiger partial charge in [-0.15, -0.1) is 0 Å². The summed E-state index contributed by atoms with van der Waals surface area (Å²) >= 11 is 0. The SMILES string of the molecule is [B]c1ccc(C(=C)OC)nc1N. The average molecular weight is 160 g/mol. The van der Waals surface area contributed by atoms with Crippen molar-refractivity contribution in [3.63, 3.8) is 0 Å². The van der Waals surface area contributed by atoms with Crippen molar-refractivity contribution in [2.24, 2.45) is 0 Å². The number of hydrogen-bond donors (Lipinski definition) is 1. The van der Waals surface area contributed by atoms with Crippen LogP contribution in [0.5, 0.6) is 0 Å². The van der Waals surface area contributed by atoms with Crippen molar-refractivity contribution in [1.82, 2.24) is 4.98 Å². The summed E-state index contributed by atoms with van der Waals surface area (Å²) in [5.41, 5.74) is 6.54. The summed E-state index contributed by atoms with van der Waals surface area (Å²) in [4.78, 5) is 3.97. The molecule has 0 saturated heterocycles. The Bertz CT molecular complexity index is 312. The van der Waals surface area contributed by atoms with E-state index in [1.165, 1.54) is 7.11 Å². The van der Waals surface area contributed by atoms with Crippen LogP contribution in [0.1, 0.15) is 5.69 Å². The number of rotatable bonds is 2. The standard InChI is InChI=1S/C8H9BN2O/c1-5(12-2)7-4-3-6(9)8(10)11-7/h3-4H,1H2,2H3,(H2,10,11). The third-order valence-electron chi connectivity index (χ3n) is 1.49. The van der Waals surface area contributed by atoms with Gasteiger partial charge in [-0.1, -0.05) is 18.1 Å². The Morgan fingerprint density at radius 1 is 1.67 bits per heavy atom. The van der Waals surface area contributed by atoms with Crippen LogP contribution in [0.3, 0.4) is 0 Å². The first kappa shape index (κ1) is 8.65. The van der Waals surface area contributed by atoms with E-state index in [-0.39, 0.29) is 0 Å². The highest BCUT2D eigenvalue weighted by molar-refractivity contribution is 6.35. The van der Waals surface area contributed by atoms with Crippen molar-refractivity contribution in [2.45, 2.75) is 0 Å². The van der Waals surface area contributed by atoms with E-state index in [1.54, 1.807) is 12.1 Å². The number of ether oxygens (including phenoxy) is 1.